The fraction of sp³-hybridized carbons (Fsp3) is 0.800. The van der Waals surface area contributed by atoms with Gasteiger partial charge in [0.25, 0.3) is 0 Å². The molecule has 1 unspecified atom stereocenters. The zero-order valence-electron chi connectivity index (χ0n) is 5.27. The molecule has 52 valence electrons. The van der Waals surface area contributed by atoms with Crippen LogP contribution in [-0.2, 0) is 0 Å². The standard InChI is InChI=1S/C5H9Cl2NSi/c1-2-4(3-8)9-5(6)7/h4-5H,2,9H2,1H3. The summed E-state index contributed by atoms with van der Waals surface area (Å²) < 4.78 is -0.255. The van der Waals surface area contributed by atoms with E-state index in [0.717, 1.165) is 6.42 Å². The van der Waals surface area contributed by atoms with Gasteiger partial charge in [0.15, 0.2) is 0 Å². The fourth-order valence-corrected chi connectivity index (χ4v) is 2.69. The van der Waals surface area contributed by atoms with Crippen LogP contribution in [0, 0.1) is 11.3 Å². The van der Waals surface area contributed by atoms with Crippen LogP contribution in [0.1, 0.15) is 13.3 Å². The number of nitriles is 1. The van der Waals surface area contributed by atoms with Crippen molar-refractivity contribution in [3.8, 4) is 6.07 Å². The molecule has 0 saturated carbocycles. The summed E-state index contributed by atoms with van der Waals surface area (Å²) in [6, 6.07) is 2.18. The average Bonchev–Trinajstić information content (AvgIpc) is 1.82. The topological polar surface area (TPSA) is 23.8 Å². The summed E-state index contributed by atoms with van der Waals surface area (Å²) in [4.78, 5) is 0. The van der Waals surface area contributed by atoms with Crippen molar-refractivity contribution in [2.45, 2.75) is 23.3 Å². The van der Waals surface area contributed by atoms with Gasteiger partial charge in [-0.1, -0.05) is 6.92 Å². The van der Waals surface area contributed by atoms with Crippen molar-refractivity contribution in [2.75, 3.05) is 0 Å². The smallest absolute Gasteiger partial charge is 0.0922 e. The Hall–Kier alpha value is 0.287. The Balaban J connectivity index is 3.47. The van der Waals surface area contributed by atoms with E-state index in [1.807, 2.05) is 6.92 Å². The van der Waals surface area contributed by atoms with Gasteiger partial charge in [-0.05, 0) is 6.42 Å². The molecule has 0 aliphatic carbocycles. The number of halogens is 2. The maximum Gasteiger partial charge on any atom is 0.0922 e. The summed E-state index contributed by atoms with van der Waals surface area (Å²) in [7, 11) is -0.570. The van der Waals surface area contributed by atoms with Crippen molar-refractivity contribution in [1.29, 1.82) is 5.26 Å². The van der Waals surface area contributed by atoms with Crippen molar-refractivity contribution in [3.05, 3.63) is 0 Å². The highest BCUT2D eigenvalue weighted by atomic mass is 35.5. The Labute approximate surface area is 67.8 Å². The second-order valence-electron chi connectivity index (χ2n) is 1.86. The summed E-state index contributed by atoms with van der Waals surface area (Å²) in [5.74, 6) is 0. The van der Waals surface area contributed by atoms with E-state index in [-0.39, 0.29) is 10.0 Å². The molecule has 0 aromatic heterocycles. The summed E-state index contributed by atoms with van der Waals surface area (Å²) >= 11 is 11.0. The molecule has 9 heavy (non-hydrogen) atoms. The molecule has 0 aliphatic heterocycles. The van der Waals surface area contributed by atoms with Crippen LogP contribution in [0.15, 0.2) is 0 Å². The van der Waals surface area contributed by atoms with Crippen LogP contribution in [0.4, 0.5) is 0 Å². The first-order valence-corrected chi connectivity index (χ1v) is 5.39. The largest absolute Gasteiger partial charge is 0.198 e. The molecular weight excluding hydrogens is 173 g/mol. The lowest BCUT2D eigenvalue weighted by Crippen LogP contribution is -2.08. The lowest BCUT2D eigenvalue weighted by atomic mass is 10.4. The molecule has 0 saturated heterocycles. The van der Waals surface area contributed by atoms with E-state index < -0.39 is 9.52 Å². The minimum absolute atomic E-state index is 0.157. The minimum atomic E-state index is -0.570. The second-order valence-corrected chi connectivity index (χ2v) is 6.45. The van der Waals surface area contributed by atoms with Crippen LogP contribution >= 0.6 is 23.2 Å². The monoisotopic (exact) mass is 181 g/mol. The number of rotatable bonds is 3. The molecule has 0 aromatic carbocycles. The van der Waals surface area contributed by atoms with Crippen LogP contribution in [0.3, 0.4) is 0 Å². The quantitative estimate of drug-likeness (QED) is 0.480. The van der Waals surface area contributed by atoms with Gasteiger partial charge >= 0.3 is 0 Å². The average molecular weight is 182 g/mol. The predicted octanol–water partition coefficient (Wildman–Crippen LogP) is 1.64. The summed E-state index contributed by atoms with van der Waals surface area (Å²) in [6.45, 7) is 1.98. The Bertz CT molecular complexity index is 110. The van der Waals surface area contributed by atoms with Gasteiger partial charge in [0, 0.05) is 5.54 Å². The third-order valence-electron chi connectivity index (χ3n) is 1.14. The lowest BCUT2D eigenvalue weighted by Gasteiger charge is -2.02. The van der Waals surface area contributed by atoms with Crippen molar-refractivity contribution in [2.24, 2.45) is 0 Å². The van der Waals surface area contributed by atoms with Crippen LogP contribution in [0.5, 0.6) is 0 Å². The SMILES string of the molecule is CCC(C#N)[SiH2]C(Cl)Cl. The number of hydrogen-bond donors (Lipinski definition) is 0. The highest BCUT2D eigenvalue weighted by Crippen LogP contribution is 2.12. The maximum absolute atomic E-state index is 8.44. The minimum Gasteiger partial charge on any atom is -0.198 e. The molecule has 1 nitrogen and oxygen atoms in total. The van der Waals surface area contributed by atoms with Gasteiger partial charge in [-0.15, -0.1) is 23.2 Å². The molecule has 1 atom stereocenters. The van der Waals surface area contributed by atoms with E-state index >= 15 is 0 Å². The molecule has 4 heteroatoms. The van der Waals surface area contributed by atoms with Gasteiger partial charge < -0.3 is 0 Å². The van der Waals surface area contributed by atoms with Crippen molar-refractivity contribution in [3.63, 3.8) is 0 Å². The van der Waals surface area contributed by atoms with Crippen molar-refractivity contribution >= 4 is 32.7 Å². The van der Waals surface area contributed by atoms with Crippen LogP contribution in [0.2, 0.25) is 5.54 Å². The summed E-state index contributed by atoms with van der Waals surface area (Å²) in [6.07, 6.45) is 0.888. The van der Waals surface area contributed by atoms with Gasteiger partial charge in [-0.2, -0.15) is 5.26 Å². The molecule has 0 amide bonds. The maximum atomic E-state index is 8.44. The highest BCUT2D eigenvalue weighted by molar-refractivity contribution is 6.69. The van der Waals surface area contributed by atoms with E-state index in [2.05, 4.69) is 6.07 Å². The number of alkyl halides is 2. The molecule has 0 aliphatic rings. The molecule has 0 rings (SSSR count). The molecule has 0 spiro atoms. The third-order valence-corrected chi connectivity index (χ3v) is 3.89. The molecule has 0 radical (unpaired) electrons. The van der Waals surface area contributed by atoms with Crippen LogP contribution in [0.25, 0.3) is 0 Å². The predicted molar refractivity (Wildman–Crippen MR) is 43.7 cm³/mol. The Morgan fingerprint density at radius 1 is 1.67 bits per heavy atom. The first-order chi connectivity index (χ1) is 4.20. The van der Waals surface area contributed by atoms with Crippen LogP contribution in [-0.4, -0.2) is 14.0 Å². The Kier molecular flexibility index (Phi) is 5.26. The first-order valence-electron chi connectivity index (χ1n) is 2.88. The van der Waals surface area contributed by atoms with E-state index in [1.54, 1.807) is 0 Å². The van der Waals surface area contributed by atoms with E-state index in [9.17, 15) is 0 Å². The summed E-state index contributed by atoms with van der Waals surface area (Å²) in [5.41, 5.74) is 0.157. The van der Waals surface area contributed by atoms with Gasteiger partial charge in [-0.3, -0.25) is 0 Å². The first kappa shape index (κ1) is 9.29. The zero-order chi connectivity index (χ0) is 7.28. The van der Waals surface area contributed by atoms with Crippen molar-refractivity contribution < 1.29 is 0 Å². The Morgan fingerprint density at radius 3 is 2.33 bits per heavy atom. The zero-order valence-corrected chi connectivity index (χ0v) is 8.20. The van der Waals surface area contributed by atoms with Gasteiger partial charge in [0.1, 0.15) is 0 Å². The van der Waals surface area contributed by atoms with E-state index in [4.69, 9.17) is 28.5 Å². The second kappa shape index (κ2) is 5.10. The number of hydrogen-bond acceptors (Lipinski definition) is 1. The molecule has 0 bridgehead atoms. The fourth-order valence-electron chi connectivity index (χ4n) is 0.526. The Morgan fingerprint density at radius 2 is 2.22 bits per heavy atom. The molecule has 0 fully saturated rings. The van der Waals surface area contributed by atoms with Crippen LogP contribution < -0.4 is 0 Å². The lowest BCUT2D eigenvalue weighted by molar-refractivity contribution is 0.950. The molecule has 0 aromatic rings. The third kappa shape index (κ3) is 4.77. The molecular formula is C5H9Cl2NSi. The number of nitrogens with zero attached hydrogens (tertiary/aromatic N) is 1. The van der Waals surface area contributed by atoms with Gasteiger partial charge in [0.2, 0.25) is 0 Å². The van der Waals surface area contributed by atoms with Gasteiger partial charge in [-0.25, -0.2) is 0 Å². The summed E-state index contributed by atoms with van der Waals surface area (Å²) in [5, 5.41) is 8.44. The van der Waals surface area contributed by atoms with Gasteiger partial charge in [0.05, 0.1) is 20.0 Å². The highest BCUT2D eigenvalue weighted by Gasteiger charge is 2.09. The molecule has 0 heterocycles. The normalized spacial score (nSPS) is 14.6. The van der Waals surface area contributed by atoms with E-state index in [0.29, 0.717) is 0 Å². The molecule has 0 N–H and O–H groups in total. The van der Waals surface area contributed by atoms with Crippen molar-refractivity contribution in [1.82, 2.24) is 0 Å². The van der Waals surface area contributed by atoms with E-state index in [1.165, 1.54) is 0 Å².